The molecule has 2 unspecified atom stereocenters. The second-order valence-electron chi connectivity index (χ2n) is 5.78. The van der Waals surface area contributed by atoms with Crippen molar-refractivity contribution in [1.29, 1.82) is 0 Å². The van der Waals surface area contributed by atoms with Gasteiger partial charge in [0.25, 0.3) is 5.91 Å². The Kier molecular flexibility index (Phi) is 5.95. The topological polar surface area (TPSA) is 78.4 Å². The summed E-state index contributed by atoms with van der Waals surface area (Å²) in [7, 11) is 0. The molecule has 1 aromatic rings. The molecule has 0 aromatic heterocycles. The van der Waals surface area contributed by atoms with Crippen LogP contribution >= 0.6 is 0 Å². The standard InChI is InChI=1S/C17H24N2O3/c1-2-9-18-16(21)13-6-3-5-12(10-13)11-19-17(22)14-7-4-8-15(14)20/h3,5-6,10,14-15,20H,2,4,7-9,11H2,1H3,(H,18,21)(H,19,22). The van der Waals surface area contributed by atoms with Gasteiger partial charge in [0.2, 0.25) is 5.91 Å². The van der Waals surface area contributed by atoms with Gasteiger partial charge in [0, 0.05) is 18.7 Å². The monoisotopic (exact) mass is 304 g/mol. The Bertz CT molecular complexity index is 530. The normalized spacial score (nSPS) is 20.6. The van der Waals surface area contributed by atoms with Crippen LogP contribution in [0.25, 0.3) is 0 Å². The highest BCUT2D eigenvalue weighted by Gasteiger charge is 2.31. The van der Waals surface area contributed by atoms with Gasteiger partial charge in [0.1, 0.15) is 0 Å². The van der Waals surface area contributed by atoms with Crippen LogP contribution in [0.2, 0.25) is 0 Å². The summed E-state index contributed by atoms with van der Waals surface area (Å²) in [5, 5.41) is 15.4. The zero-order valence-electron chi connectivity index (χ0n) is 13.0. The molecular weight excluding hydrogens is 280 g/mol. The second kappa shape index (κ2) is 7.94. The number of benzene rings is 1. The van der Waals surface area contributed by atoms with Crippen molar-refractivity contribution in [2.75, 3.05) is 6.54 Å². The predicted octanol–water partition coefficient (Wildman–Crippen LogP) is 1.60. The minimum Gasteiger partial charge on any atom is -0.392 e. The number of hydrogen-bond acceptors (Lipinski definition) is 3. The molecule has 0 bridgehead atoms. The lowest BCUT2D eigenvalue weighted by atomic mass is 10.0. The van der Waals surface area contributed by atoms with Crippen molar-refractivity contribution >= 4 is 11.8 Å². The molecule has 1 fully saturated rings. The number of amides is 2. The first-order valence-corrected chi connectivity index (χ1v) is 7.94. The summed E-state index contributed by atoms with van der Waals surface area (Å²) in [5.41, 5.74) is 1.48. The average molecular weight is 304 g/mol. The number of aliphatic hydroxyl groups is 1. The Morgan fingerprint density at radius 2 is 2.09 bits per heavy atom. The first-order chi connectivity index (χ1) is 10.6. The van der Waals surface area contributed by atoms with Crippen LogP contribution in [0.1, 0.15) is 48.5 Å². The lowest BCUT2D eigenvalue weighted by Gasteiger charge is -2.14. The number of carbonyl (C=O) groups is 2. The summed E-state index contributed by atoms with van der Waals surface area (Å²) in [4.78, 5) is 24.0. The van der Waals surface area contributed by atoms with E-state index in [-0.39, 0.29) is 17.7 Å². The summed E-state index contributed by atoms with van der Waals surface area (Å²) in [6.07, 6.45) is 2.71. The minimum atomic E-state index is -0.522. The SMILES string of the molecule is CCCNC(=O)c1cccc(CNC(=O)C2CCCC2O)c1. The zero-order chi connectivity index (χ0) is 15.9. The molecule has 2 rings (SSSR count). The van der Waals surface area contributed by atoms with Gasteiger partial charge < -0.3 is 15.7 Å². The summed E-state index contributed by atoms with van der Waals surface area (Å²) in [6.45, 7) is 3.03. The Labute approximate surface area is 131 Å². The van der Waals surface area contributed by atoms with Crippen LogP contribution in [0.15, 0.2) is 24.3 Å². The van der Waals surface area contributed by atoms with E-state index in [0.717, 1.165) is 24.8 Å². The number of aliphatic hydroxyl groups excluding tert-OH is 1. The van der Waals surface area contributed by atoms with Crippen LogP contribution in [-0.2, 0) is 11.3 Å². The van der Waals surface area contributed by atoms with Crippen molar-refractivity contribution in [2.45, 2.75) is 45.3 Å². The highest BCUT2D eigenvalue weighted by Crippen LogP contribution is 2.25. The molecule has 0 saturated heterocycles. The molecule has 0 spiro atoms. The van der Waals surface area contributed by atoms with Crippen molar-refractivity contribution in [3.05, 3.63) is 35.4 Å². The molecule has 0 radical (unpaired) electrons. The van der Waals surface area contributed by atoms with E-state index in [1.165, 1.54) is 0 Å². The van der Waals surface area contributed by atoms with Crippen LogP contribution in [0.3, 0.4) is 0 Å². The second-order valence-corrected chi connectivity index (χ2v) is 5.78. The van der Waals surface area contributed by atoms with Crippen molar-refractivity contribution in [3.63, 3.8) is 0 Å². The quantitative estimate of drug-likeness (QED) is 0.747. The molecule has 22 heavy (non-hydrogen) atoms. The van der Waals surface area contributed by atoms with Crippen LogP contribution in [0.5, 0.6) is 0 Å². The number of carbonyl (C=O) groups excluding carboxylic acids is 2. The first-order valence-electron chi connectivity index (χ1n) is 7.94. The molecule has 5 heteroatoms. The lowest BCUT2D eigenvalue weighted by Crippen LogP contribution is -2.34. The molecule has 1 aliphatic carbocycles. The Morgan fingerprint density at radius 1 is 1.27 bits per heavy atom. The molecule has 2 atom stereocenters. The lowest BCUT2D eigenvalue weighted by molar-refractivity contribution is -0.127. The molecule has 2 amide bonds. The molecule has 0 aliphatic heterocycles. The fourth-order valence-corrected chi connectivity index (χ4v) is 2.73. The number of rotatable bonds is 6. The van der Waals surface area contributed by atoms with Crippen LogP contribution < -0.4 is 10.6 Å². The molecule has 3 N–H and O–H groups in total. The van der Waals surface area contributed by atoms with Gasteiger partial charge in [0.05, 0.1) is 12.0 Å². The van der Waals surface area contributed by atoms with Gasteiger partial charge in [-0.1, -0.05) is 19.1 Å². The molecular formula is C17H24N2O3. The van der Waals surface area contributed by atoms with Gasteiger partial charge in [-0.25, -0.2) is 0 Å². The summed E-state index contributed by atoms with van der Waals surface area (Å²) in [6, 6.07) is 7.24. The van der Waals surface area contributed by atoms with Crippen molar-refractivity contribution in [3.8, 4) is 0 Å². The van der Waals surface area contributed by atoms with Gasteiger partial charge in [-0.15, -0.1) is 0 Å². The molecule has 1 saturated carbocycles. The molecule has 5 nitrogen and oxygen atoms in total. The van der Waals surface area contributed by atoms with E-state index in [9.17, 15) is 14.7 Å². The molecule has 0 heterocycles. The fraction of sp³-hybridized carbons (Fsp3) is 0.529. The summed E-state index contributed by atoms with van der Waals surface area (Å²) in [5.74, 6) is -0.497. The number of nitrogens with one attached hydrogen (secondary N) is 2. The van der Waals surface area contributed by atoms with Crippen LogP contribution in [0, 0.1) is 5.92 Å². The Morgan fingerprint density at radius 3 is 2.77 bits per heavy atom. The maximum absolute atomic E-state index is 12.0. The Balaban J connectivity index is 1.90. The van der Waals surface area contributed by atoms with Crippen LogP contribution in [0.4, 0.5) is 0 Å². The van der Waals surface area contributed by atoms with Crippen molar-refractivity contribution in [2.24, 2.45) is 5.92 Å². The highest BCUT2D eigenvalue weighted by atomic mass is 16.3. The van der Waals surface area contributed by atoms with E-state index in [2.05, 4.69) is 10.6 Å². The maximum atomic E-state index is 12.0. The highest BCUT2D eigenvalue weighted by molar-refractivity contribution is 5.94. The molecule has 1 aliphatic rings. The maximum Gasteiger partial charge on any atom is 0.251 e. The van der Waals surface area contributed by atoms with Gasteiger partial charge in [-0.2, -0.15) is 0 Å². The minimum absolute atomic E-state index is 0.0961. The zero-order valence-corrected chi connectivity index (χ0v) is 13.0. The van der Waals surface area contributed by atoms with E-state index in [0.29, 0.717) is 25.1 Å². The third-order valence-electron chi connectivity index (χ3n) is 4.01. The third-order valence-corrected chi connectivity index (χ3v) is 4.01. The van der Waals surface area contributed by atoms with Crippen molar-refractivity contribution < 1.29 is 14.7 Å². The largest absolute Gasteiger partial charge is 0.392 e. The molecule has 1 aromatic carbocycles. The Hall–Kier alpha value is -1.88. The molecule has 120 valence electrons. The first kappa shape index (κ1) is 16.5. The van der Waals surface area contributed by atoms with E-state index < -0.39 is 6.10 Å². The smallest absolute Gasteiger partial charge is 0.251 e. The van der Waals surface area contributed by atoms with Gasteiger partial charge in [-0.3, -0.25) is 9.59 Å². The van der Waals surface area contributed by atoms with E-state index in [4.69, 9.17) is 0 Å². The van der Waals surface area contributed by atoms with E-state index in [1.807, 2.05) is 19.1 Å². The predicted molar refractivity (Wildman–Crippen MR) is 84.3 cm³/mol. The summed E-state index contributed by atoms with van der Waals surface area (Å²) < 4.78 is 0. The van der Waals surface area contributed by atoms with Gasteiger partial charge in [0.15, 0.2) is 0 Å². The number of hydrogen-bond donors (Lipinski definition) is 3. The van der Waals surface area contributed by atoms with Gasteiger partial charge in [-0.05, 0) is 43.4 Å². The third kappa shape index (κ3) is 4.31. The average Bonchev–Trinajstić information content (AvgIpc) is 2.96. The van der Waals surface area contributed by atoms with Crippen molar-refractivity contribution in [1.82, 2.24) is 10.6 Å². The summed E-state index contributed by atoms with van der Waals surface area (Å²) >= 11 is 0. The van der Waals surface area contributed by atoms with Gasteiger partial charge >= 0.3 is 0 Å². The fourth-order valence-electron chi connectivity index (χ4n) is 2.73. The van der Waals surface area contributed by atoms with E-state index in [1.54, 1.807) is 12.1 Å². The van der Waals surface area contributed by atoms with Crippen LogP contribution in [-0.4, -0.2) is 29.6 Å². The van der Waals surface area contributed by atoms with E-state index >= 15 is 0 Å².